The molecule has 0 aromatic rings. The maximum atomic E-state index is 12.7. The van der Waals surface area contributed by atoms with E-state index < -0.39 is 0 Å². The number of Topliss-reactive ketones (excluding diaryl/α,β-unsaturated/α-hetero) is 1. The number of carbonyl (C=O) groups excluding carboxylic acids is 1. The molecule has 8 atom stereocenters. The number of rotatable bonds is 2. The average molecular weight is 387 g/mol. The third kappa shape index (κ3) is 2.80. The highest BCUT2D eigenvalue weighted by Gasteiger charge is 2.61. The Labute approximate surface area is 170 Å². The van der Waals surface area contributed by atoms with E-state index in [1.165, 1.54) is 25.0 Å². The van der Waals surface area contributed by atoms with Gasteiger partial charge in [-0.05, 0) is 86.5 Å². The van der Waals surface area contributed by atoms with Crippen molar-refractivity contribution in [1.82, 2.24) is 5.32 Å². The van der Waals surface area contributed by atoms with Crippen LogP contribution in [0.15, 0.2) is 5.16 Å². The van der Waals surface area contributed by atoms with Gasteiger partial charge in [0.25, 0.3) is 0 Å². The molecular formula is C24H38N2O2. The number of oxime groups is 1. The van der Waals surface area contributed by atoms with Crippen LogP contribution in [0.3, 0.4) is 0 Å². The highest BCUT2D eigenvalue weighted by molar-refractivity contribution is 5.87. The van der Waals surface area contributed by atoms with E-state index in [9.17, 15) is 4.79 Å². The van der Waals surface area contributed by atoms with Gasteiger partial charge in [-0.2, -0.15) is 0 Å². The van der Waals surface area contributed by atoms with Gasteiger partial charge in [0.15, 0.2) is 0 Å². The van der Waals surface area contributed by atoms with E-state index >= 15 is 0 Å². The Hall–Kier alpha value is -0.900. The van der Waals surface area contributed by atoms with Crippen molar-refractivity contribution in [3.63, 3.8) is 0 Å². The lowest BCUT2D eigenvalue weighted by Crippen LogP contribution is -2.56. The first-order chi connectivity index (χ1) is 13.4. The van der Waals surface area contributed by atoms with Gasteiger partial charge in [0, 0.05) is 24.8 Å². The Balaban J connectivity index is 1.34. The van der Waals surface area contributed by atoms with Gasteiger partial charge in [0.1, 0.15) is 11.9 Å². The van der Waals surface area contributed by atoms with Crippen molar-refractivity contribution in [2.45, 2.75) is 84.7 Å². The number of nitrogens with one attached hydrogen (secondary N) is 1. The van der Waals surface area contributed by atoms with Gasteiger partial charge in [-0.15, -0.1) is 0 Å². The second-order valence-electron chi connectivity index (χ2n) is 11.2. The summed E-state index contributed by atoms with van der Waals surface area (Å²) in [7, 11) is 0. The molecule has 5 fully saturated rings. The molecule has 4 saturated carbocycles. The monoisotopic (exact) mass is 386 g/mol. The zero-order valence-electron chi connectivity index (χ0n) is 18.0. The molecule has 1 heterocycles. The molecule has 0 radical (unpaired) electrons. The van der Waals surface area contributed by atoms with Crippen LogP contribution in [-0.2, 0) is 9.63 Å². The molecule has 4 aliphatic carbocycles. The fraction of sp³-hybridized carbons (Fsp3) is 0.917. The second-order valence-corrected chi connectivity index (χ2v) is 11.2. The Morgan fingerprint density at radius 1 is 1.11 bits per heavy atom. The highest BCUT2D eigenvalue weighted by atomic mass is 16.6. The van der Waals surface area contributed by atoms with E-state index in [1.807, 2.05) is 0 Å². The average Bonchev–Trinajstić information content (AvgIpc) is 3.29. The van der Waals surface area contributed by atoms with E-state index in [4.69, 9.17) is 4.84 Å². The molecule has 0 aromatic heterocycles. The van der Waals surface area contributed by atoms with E-state index in [0.29, 0.717) is 17.1 Å². The van der Waals surface area contributed by atoms with Crippen molar-refractivity contribution < 1.29 is 9.63 Å². The van der Waals surface area contributed by atoms with Gasteiger partial charge in [-0.1, -0.05) is 25.9 Å². The number of carbonyl (C=O) groups is 1. The Morgan fingerprint density at radius 3 is 2.75 bits per heavy atom. The summed E-state index contributed by atoms with van der Waals surface area (Å²) in [6.45, 7) is 9.36. The molecule has 1 N–H and O–H groups in total. The van der Waals surface area contributed by atoms with Crippen LogP contribution in [0, 0.1) is 40.4 Å². The topological polar surface area (TPSA) is 50.7 Å². The first-order valence-electron chi connectivity index (χ1n) is 11.9. The number of fused-ring (bicyclic) bond motifs is 5. The van der Waals surface area contributed by atoms with Gasteiger partial charge in [-0.3, -0.25) is 4.79 Å². The molecule has 0 bridgehead atoms. The molecule has 0 aromatic carbocycles. The van der Waals surface area contributed by atoms with Crippen molar-refractivity contribution in [2.75, 3.05) is 13.1 Å². The van der Waals surface area contributed by atoms with Crippen LogP contribution in [0.2, 0.25) is 0 Å². The molecule has 0 spiro atoms. The number of nitrogens with zero attached hydrogens (tertiary/aromatic N) is 1. The number of ketones is 1. The molecule has 156 valence electrons. The normalized spacial score (nSPS) is 52.2. The lowest BCUT2D eigenvalue weighted by molar-refractivity contribution is -0.143. The third-order valence-corrected chi connectivity index (χ3v) is 9.91. The predicted molar refractivity (Wildman–Crippen MR) is 111 cm³/mol. The van der Waals surface area contributed by atoms with Gasteiger partial charge < -0.3 is 10.2 Å². The SMILES string of the molecule is C[C@@H]1CC2CC(=NOC3CCNC3)CC[C@]2(C)[C@H]2CC[C@]3(C)C(=O)CC[C@H]3[C@H]12. The number of hydrogen-bond donors (Lipinski definition) is 1. The molecule has 2 unspecified atom stereocenters. The molecule has 5 aliphatic rings. The Kier molecular flexibility index (Phi) is 4.65. The van der Waals surface area contributed by atoms with Crippen LogP contribution in [0.25, 0.3) is 0 Å². The smallest absolute Gasteiger partial charge is 0.141 e. The molecule has 1 saturated heterocycles. The van der Waals surface area contributed by atoms with Crippen LogP contribution in [-0.4, -0.2) is 30.7 Å². The minimum absolute atomic E-state index is 0.0108. The maximum Gasteiger partial charge on any atom is 0.141 e. The van der Waals surface area contributed by atoms with Crippen molar-refractivity contribution in [1.29, 1.82) is 0 Å². The summed E-state index contributed by atoms with van der Waals surface area (Å²) in [4.78, 5) is 18.5. The molecule has 4 heteroatoms. The zero-order chi connectivity index (χ0) is 19.5. The third-order valence-electron chi connectivity index (χ3n) is 9.91. The van der Waals surface area contributed by atoms with E-state index in [1.54, 1.807) is 0 Å². The van der Waals surface area contributed by atoms with E-state index in [2.05, 4.69) is 31.2 Å². The predicted octanol–water partition coefficient (Wildman–Crippen LogP) is 4.58. The lowest BCUT2D eigenvalue weighted by atomic mass is 9.43. The van der Waals surface area contributed by atoms with Gasteiger partial charge in [-0.25, -0.2) is 0 Å². The van der Waals surface area contributed by atoms with Crippen LogP contribution >= 0.6 is 0 Å². The minimum atomic E-state index is -0.0108. The van der Waals surface area contributed by atoms with Crippen molar-refractivity contribution in [3.05, 3.63) is 0 Å². The number of hydrogen-bond acceptors (Lipinski definition) is 4. The zero-order valence-corrected chi connectivity index (χ0v) is 18.0. The molecule has 1 aliphatic heterocycles. The summed E-state index contributed by atoms with van der Waals surface area (Å²) in [5.41, 5.74) is 1.72. The van der Waals surface area contributed by atoms with Gasteiger partial charge >= 0.3 is 0 Å². The van der Waals surface area contributed by atoms with E-state index in [-0.39, 0.29) is 11.5 Å². The largest absolute Gasteiger partial charge is 0.391 e. The summed E-state index contributed by atoms with van der Waals surface area (Å²) in [5.74, 6) is 4.23. The van der Waals surface area contributed by atoms with E-state index in [0.717, 1.165) is 75.3 Å². The summed E-state index contributed by atoms with van der Waals surface area (Å²) >= 11 is 0. The van der Waals surface area contributed by atoms with Gasteiger partial charge in [0.05, 0.1) is 5.71 Å². The van der Waals surface area contributed by atoms with Crippen molar-refractivity contribution in [2.24, 2.45) is 45.6 Å². The maximum absolute atomic E-state index is 12.7. The van der Waals surface area contributed by atoms with Crippen LogP contribution < -0.4 is 5.32 Å². The lowest BCUT2D eigenvalue weighted by Gasteiger charge is -2.61. The highest BCUT2D eigenvalue weighted by Crippen LogP contribution is 2.66. The first kappa shape index (κ1) is 19.1. The summed E-state index contributed by atoms with van der Waals surface area (Å²) in [5, 5.41) is 7.98. The van der Waals surface area contributed by atoms with Crippen LogP contribution in [0.1, 0.15) is 78.6 Å². The minimum Gasteiger partial charge on any atom is -0.391 e. The molecule has 5 rings (SSSR count). The van der Waals surface area contributed by atoms with Gasteiger partial charge in [0.2, 0.25) is 0 Å². The summed E-state index contributed by atoms with van der Waals surface area (Å²) < 4.78 is 0. The standard InChI is InChI=1S/C24H38N2O2/c1-15-12-16-13-17(26-28-18-8-11-25-14-18)6-9-23(16,2)20-7-10-24(3)19(22(15)20)4-5-21(24)27/h15-16,18-20,22,25H,4-14H2,1-3H3/t15-,16?,18?,19+,20+,22+,23+,24+/m1/s1. The first-order valence-corrected chi connectivity index (χ1v) is 11.9. The molecule has 4 nitrogen and oxygen atoms in total. The summed E-state index contributed by atoms with van der Waals surface area (Å²) in [6.07, 6.45) is 10.5. The fourth-order valence-corrected chi connectivity index (χ4v) is 8.16. The Morgan fingerprint density at radius 2 is 1.96 bits per heavy atom. The molecule has 0 amide bonds. The molecule has 28 heavy (non-hydrogen) atoms. The quantitative estimate of drug-likeness (QED) is 0.707. The van der Waals surface area contributed by atoms with Crippen molar-refractivity contribution >= 4 is 11.5 Å². The Bertz CT molecular complexity index is 670. The van der Waals surface area contributed by atoms with Crippen LogP contribution in [0.4, 0.5) is 0 Å². The fourth-order valence-electron chi connectivity index (χ4n) is 8.16. The second kappa shape index (κ2) is 6.82. The van der Waals surface area contributed by atoms with Crippen LogP contribution in [0.5, 0.6) is 0 Å². The van der Waals surface area contributed by atoms with Crippen molar-refractivity contribution in [3.8, 4) is 0 Å². The summed E-state index contributed by atoms with van der Waals surface area (Å²) in [6, 6.07) is 0. The molecular weight excluding hydrogens is 348 g/mol.